The molecule has 1 amide bonds. The number of hydrogen-bond acceptors (Lipinski definition) is 6. The van der Waals surface area contributed by atoms with Gasteiger partial charge >= 0.3 is 0 Å². The number of rotatable bonds is 15. The first-order chi connectivity index (χ1) is 20.4. The predicted octanol–water partition coefficient (Wildman–Crippen LogP) is 6.50. The largest absolute Gasteiger partial charge is 0.494 e. The van der Waals surface area contributed by atoms with Crippen LogP contribution in [0.25, 0.3) is 6.08 Å². The number of nitrogens with one attached hydrogen (secondary N) is 1. The van der Waals surface area contributed by atoms with E-state index in [0.29, 0.717) is 50.7 Å². The normalized spacial score (nSPS) is 18.2. The van der Waals surface area contributed by atoms with Crippen LogP contribution in [0.1, 0.15) is 55.9 Å². The van der Waals surface area contributed by atoms with Gasteiger partial charge in [0.05, 0.1) is 12.7 Å². The number of ether oxygens (including phenoxy) is 3. The smallest absolute Gasteiger partial charge is 0.252 e. The van der Waals surface area contributed by atoms with Crippen molar-refractivity contribution in [3.05, 3.63) is 106 Å². The molecule has 4 rings (SSSR count). The van der Waals surface area contributed by atoms with Crippen molar-refractivity contribution in [1.29, 1.82) is 0 Å². The van der Waals surface area contributed by atoms with E-state index in [-0.39, 0.29) is 18.6 Å². The summed E-state index contributed by atoms with van der Waals surface area (Å²) in [4.78, 5) is 19.2. The fraction of sp³-hybridized carbons (Fsp3) is 0.353. The van der Waals surface area contributed by atoms with E-state index in [4.69, 9.17) is 24.3 Å². The van der Waals surface area contributed by atoms with Crippen molar-refractivity contribution < 1.29 is 24.1 Å². The van der Waals surface area contributed by atoms with Gasteiger partial charge in [0.15, 0.2) is 11.6 Å². The number of carbonyl (C=O) groups excluding carboxylic acids is 1. The third-order valence-corrected chi connectivity index (χ3v) is 7.33. The highest BCUT2D eigenvalue weighted by Gasteiger charge is 2.52. The average molecular weight is 636 g/mol. The monoisotopic (exact) mass is 634 g/mol. The minimum Gasteiger partial charge on any atom is -0.494 e. The number of aliphatic hydroxyl groups is 1. The minimum atomic E-state index is -1.23. The van der Waals surface area contributed by atoms with Crippen LogP contribution < -0.4 is 10.1 Å². The number of halogens is 1. The summed E-state index contributed by atoms with van der Waals surface area (Å²) in [7, 11) is 0. The average Bonchev–Trinajstić information content (AvgIpc) is 3.39. The lowest BCUT2D eigenvalue weighted by molar-refractivity contribution is -0.128. The van der Waals surface area contributed by atoms with Gasteiger partial charge < -0.3 is 24.6 Å². The molecule has 2 atom stereocenters. The minimum absolute atomic E-state index is 0.0772. The molecule has 0 saturated carbocycles. The lowest BCUT2D eigenvalue weighted by Crippen LogP contribution is -2.48. The summed E-state index contributed by atoms with van der Waals surface area (Å²) in [6, 6.07) is 25.2. The summed E-state index contributed by atoms with van der Waals surface area (Å²) in [6.45, 7) is 5.52. The zero-order valence-corrected chi connectivity index (χ0v) is 25.8. The fourth-order valence-electron chi connectivity index (χ4n) is 4.64. The van der Waals surface area contributed by atoms with Crippen LogP contribution in [0.3, 0.4) is 0 Å². The SMILES string of the molecule is CC(C)OCCCNC(=O)[C@]1(C/C=C/c2ccccc2)N=C(c2ccc(OCCCO)cc2)O[C@@H]1c1ccc(Br)cc1. The number of nitrogens with zero attached hydrogens (tertiary/aromatic N) is 1. The Morgan fingerprint density at radius 3 is 2.48 bits per heavy atom. The van der Waals surface area contributed by atoms with Crippen LogP contribution >= 0.6 is 15.9 Å². The lowest BCUT2D eigenvalue weighted by atomic mass is 9.84. The molecule has 0 aromatic heterocycles. The molecule has 0 unspecified atom stereocenters. The van der Waals surface area contributed by atoms with Gasteiger partial charge in [-0.05, 0) is 67.8 Å². The van der Waals surface area contributed by atoms with Crippen molar-refractivity contribution in [1.82, 2.24) is 5.32 Å². The van der Waals surface area contributed by atoms with Gasteiger partial charge in [-0.2, -0.15) is 0 Å². The molecular formula is C34H39BrN2O5. The second kappa shape index (κ2) is 15.7. The van der Waals surface area contributed by atoms with E-state index in [1.54, 1.807) is 0 Å². The zero-order valence-electron chi connectivity index (χ0n) is 24.2. The van der Waals surface area contributed by atoms with E-state index < -0.39 is 11.6 Å². The molecule has 3 aromatic rings. The molecule has 1 heterocycles. The first-order valence-electron chi connectivity index (χ1n) is 14.4. The second-order valence-electron chi connectivity index (χ2n) is 10.4. The molecule has 1 aliphatic heterocycles. The lowest BCUT2D eigenvalue weighted by Gasteiger charge is -2.30. The Balaban J connectivity index is 1.67. The van der Waals surface area contributed by atoms with Crippen LogP contribution in [-0.2, 0) is 14.3 Å². The van der Waals surface area contributed by atoms with Gasteiger partial charge in [0.25, 0.3) is 5.91 Å². The van der Waals surface area contributed by atoms with E-state index >= 15 is 0 Å². The fourth-order valence-corrected chi connectivity index (χ4v) is 4.90. The summed E-state index contributed by atoms with van der Waals surface area (Å²) >= 11 is 3.52. The summed E-state index contributed by atoms with van der Waals surface area (Å²) in [5.41, 5.74) is 1.41. The second-order valence-corrected chi connectivity index (χ2v) is 11.3. The van der Waals surface area contributed by atoms with E-state index in [2.05, 4.69) is 21.2 Å². The molecule has 222 valence electrons. The van der Waals surface area contributed by atoms with Crippen molar-refractivity contribution in [3.8, 4) is 5.75 Å². The highest BCUT2D eigenvalue weighted by Crippen LogP contribution is 2.43. The Bertz CT molecular complexity index is 1330. The molecule has 7 nitrogen and oxygen atoms in total. The number of aliphatic hydroxyl groups excluding tert-OH is 1. The number of amides is 1. The molecule has 0 aliphatic carbocycles. The van der Waals surface area contributed by atoms with Crippen LogP contribution in [0, 0.1) is 0 Å². The maximum Gasteiger partial charge on any atom is 0.252 e. The Kier molecular flexibility index (Phi) is 11.7. The number of aliphatic imine (C=N–C) groups is 1. The maximum absolute atomic E-state index is 14.1. The standard InChI is InChI=1S/C34H39BrN2O5/c1-25(2)40-23-7-21-36-33(39)34(20-6-11-26-9-4-3-5-10-26)31(27-12-16-29(35)17-13-27)42-32(37-34)28-14-18-30(19-15-28)41-24-8-22-38/h3-6,9-19,25,31,38H,7-8,20-24H2,1-2H3,(H,36,39)/b11-6+/t31-,34-/m1/s1. The summed E-state index contributed by atoms with van der Waals surface area (Å²) in [5, 5.41) is 12.1. The molecule has 3 aromatic carbocycles. The molecule has 0 spiro atoms. The van der Waals surface area contributed by atoms with Gasteiger partial charge in [0.1, 0.15) is 5.75 Å². The van der Waals surface area contributed by atoms with Gasteiger partial charge in [-0.15, -0.1) is 0 Å². The first kappa shape index (κ1) is 31.5. The Morgan fingerprint density at radius 2 is 1.79 bits per heavy atom. The van der Waals surface area contributed by atoms with Crippen molar-refractivity contribution in [2.45, 2.75) is 50.9 Å². The molecule has 42 heavy (non-hydrogen) atoms. The van der Waals surface area contributed by atoms with Crippen LogP contribution in [-0.4, -0.2) is 54.9 Å². The highest BCUT2D eigenvalue weighted by molar-refractivity contribution is 9.10. The van der Waals surface area contributed by atoms with Crippen LogP contribution in [0.5, 0.6) is 5.75 Å². The topological polar surface area (TPSA) is 89.4 Å². The molecule has 0 saturated heterocycles. The van der Waals surface area contributed by atoms with Gasteiger partial charge in [-0.1, -0.05) is 70.5 Å². The van der Waals surface area contributed by atoms with Gasteiger partial charge in [-0.25, -0.2) is 4.99 Å². The van der Waals surface area contributed by atoms with Crippen LogP contribution in [0.4, 0.5) is 0 Å². The number of carbonyl (C=O) groups is 1. The highest BCUT2D eigenvalue weighted by atomic mass is 79.9. The van der Waals surface area contributed by atoms with E-state index in [1.807, 2.05) is 105 Å². The van der Waals surface area contributed by atoms with E-state index in [0.717, 1.165) is 21.2 Å². The third kappa shape index (κ3) is 8.53. The Morgan fingerprint density at radius 1 is 1.05 bits per heavy atom. The van der Waals surface area contributed by atoms with Crippen LogP contribution in [0.2, 0.25) is 0 Å². The van der Waals surface area contributed by atoms with Gasteiger partial charge in [-0.3, -0.25) is 4.79 Å². The third-order valence-electron chi connectivity index (χ3n) is 6.80. The van der Waals surface area contributed by atoms with Crippen LogP contribution in [0.15, 0.2) is 94.4 Å². The molecule has 8 heteroatoms. The van der Waals surface area contributed by atoms with Crippen molar-refractivity contribution in [3.63, 3.8) is 0 Å². The molecule has 2 N–H and O–H groups in total. The quantitative estimate of drug-likeness (QED) is 0.186. The van der Waals surface area contributed by atoms with Gasteiger partial charge in [0, 0.05) is 42.6 Å². The molecular weight excluding hydrogens is 596 g/mol. The number of hydrogen-bond donors (Lipinski definition) is 2. The zero-order chi connectivity index (χ0) is 29.8. The summed E-state index contributed by atoms with van der Waals surface area (Å²) in [5.74, 6) is 0.890. The molecule has 1 aliphatic rings. The van der Waals surface area contributed by atoms with Gasteiger partial charge in [0.2, 0.25) is 5.90 Å². The first-order valence-corrected chi connectivity index (χ1v) is 15.2. The predicted molar refractivity (Wildman–Crippen MR) is 170 cm³/mol. The van der Waals surface area contributed by atoms with Crippen molar-refractivity contribution in [2.75, 3.05) is 26.4 Å². The Hall–Kier alpha value is -3.46. The van der Waals surface area contributed by atoms with E-state index in [9.17, 15) is 4.79 Å². The number of benzene rings is 3. The van der Waals surface area contributed by atoms with E-state index in [1.165, 1.54) is 0 Å². The summed E-state index contributed by atoms with van der Waals surface area (Å²) in [6.07, 6.45) is 5.09. The molecule has 0 radical (unpaired) electrons. The Labute approximate surface area is 256 Å². The van der Waals surface area contributed by atoms with Crippen molar-refractivity contribution in [2.24, 2.45) is 4.99 Å². The molecule has 0 fully saturated rings. The molecule has 0 bridgehead atoms. The summed E-state index contributed by atoms with van der Waals surface area (Å²) < 4.78 is 18.8. The van der Waals surface area contributed by atoms with Crippen molar-refractivity contribution >= 4 is 33.8 Å². The maximum atomic E-state index is 14.1.